The summed E-state index contributed by atoms with van der Waals surface area (Å²) in [5.41, 5.74) is 0.155. The van der Waals surface area contributed by atoms with Gasteiger partial charge in [0.25, 0.3) is 0 Å². The lowest BCUT2D eigenvalue weighted by Gasteiger charge is -2.14. The number of ether oxygens (including phenoxy) is 2. The number of alkyl halides is 4. The first kappa shape index (κ1) is 16.5. The molecule has 1 aromatic heterocycles. The zero-order valence-electron chi connectivity index (χ0n) is 9.55. The molecule has 0 aliphatic rings. The van der Waals surface area contributed by atoms with E-state index in [4.69, 9.17) is 4.74 Å². The highest BCUT2D eigenvalue weighted by atomic mass is 127. The van der Waals surface area contributed by atoms with Crippen LogP contribution in [-0.4, -0.2) is 23.9 Å². The van der Waals surface area contributed by atoms with Crippen molar-refractivity contribution in [3.05, 3.63) is 21.0 Å². The lowest BCUT2D eigenvalue weighted by Crippen LogP contribution is -2.19. The van der Waals surface area contributed by atoms with Gasteiger partial charge in [-0.15, -0.1) is 13.2 Å². The van der Waals surface area contributed by atoms with Gasteiger partial charge in [0.15, 0.2) is 11.4 Å². The molecule has 0 amide bonds. The molecule has 1 rings (SSSR count). The van der Waals surface area contributed by atoms with Crippen molar-refractivity contribution in [2.24, 2.45) is 0 Å². The van der Waals surface area contributed by atoms with Gasteiger partial charge in [0.1, 0.15) is 0 Å². The molecule has 0 spiro atoms. The minimum atomic E-state index is -4.81. The summed E-state index contributed by atoms with van der Waals surface area (Å²) in [5.74, 6) is -1.13. The van der Waals surface area contributed by atoms with Gasteiger partial charge in [-0.1, -0.05) is 15.9 Å². The fraction of sp³-hybridized carbons (Fsp3) is 0.400. The minimum absolute atomic E-state index is 0.0357. The van der Waals surface area contributed by atoms with Crippen LogP contribution < -0.4 is 4.74 Å². The maximum atomic E-state index is 12.2. The minimum Gasteiger partial charge on any atom is -0.461 e. The van der Waals surface area contributed by atoms with Gasteiger partial charge in [0, 0.05) is 10.9 Å². The highest BCUT2D eigenvalue weighted by molar-refractivity contribution is 14.1. The first-order valence-corrected chi connectivity index (χ1v) is 7.16. The molecule has 0 radical (unpaired) electrons. The molecule has 0 N–H and O–H groups in total. The van der Waals surface area contributed by atoms with Crippen LogP contribution >= 0.6 is 38.5 Å². The maximum absolute atomic E-state index is 12.2. The fourth-order valence-corrected chi connectivity index (χ4v) is 3.08. The average Bonchev–Trinajstić information content (AvgIpc) is 2.27. The molecule has 0 atom stereocenters. The van der Waals surface area contributed by atoms with E-state index in [0.717, 1.165) is 6.20 Å². The number of halogens is 5. The Kier molecular flexibility index (Phi) is 5.83. The van der Waals surface area contributed by atoms with Crippen molar-refractivity contribution in [2.75, 3.05) is 6.61 Å². The molecule has 4 nitrogen and oxygen atoms in total. The highest BCUT2D eigenvalue weighted by Crippen LogP contribution is 2.31. The predicted octanol–water partition coefficient (Wildman–Crippen LogP) is 3.66. The third-order valence-corrected chi connectivity index (χ3v) is 3.63. The number of nitrogens with zero attached hydrogens (tertiary/aromatic N) is 1. The first-order chi connectivity index (χ1) is 8.80. The Balaban J connectivity index is 3.19. The van der Waals surface area contributed by atoms with E-state index < -0.39 is 18.1 Å². The largest absolute Gasteiger partial charge is 0.573 e. The van der Waals surface area contributed by atoms with Gasteiger partial charge < -0.3 is 9.47 Å². The third-order valence-electron chi connectivity index (χ3n) is 1.91. The van der Waals surface area contributed by atoms with E-state index in [0.29, 0.717) is 0 Å². The highest BCUT2D eigenvalue weighted by Gasteiger charge is 2.33. The molecule has 0 aliphatic carbocycles. The van der Waals surface area contributed by atoms with Crippen molar-refractivity contribution in [3.63, 3.8) is 0 Å². The molecule has 0 aromatic carbocycles. The van der Waals surface area contributed by atoms with Crippen LogP contribution in [0.15, 0.2) is 6.20 Å². The molecule has 19 heavy (non-hydrogen) atoms. The summed E-state index contributed by atoms with van der Waals surface area (Å²) in [7, 11) is 0. The summed E-state index contributed by atoms with van der Waals surface area (Å²) in [6, 6.07) is 0. The summed E-state index contributed by atoms with van der Waals surface area (Å²) in [5, 5.41) is 0.0889. The SMILES string of the molecule is CCOC(=O)c1ncc(OC(F)(F)F)c(CBr)c1I. The van der Waals surface area contributed by atoms with Gasteiger partial charge in [-0.3, -0.25) is 0 Å². The lowest BCUT2D eigenvalue weighted by molar-refractivity contribution is -0.275. The average molecular weight is 454 g/mol. The molecule has 106 valence electrons. The van der Waals surface area contributed by atoms with E-state index in [-0.39, 0.29) is 26.8 Å². The van der Waals surface area contributed by atoms with E-state index in [1.807, 2.05) is 0 Å². The molecule has 1 heterocycles. The first-order valence-electron chi connectivity index (χ1n) is 4.96. The fourth-order valence-electron chi connectivity index (χ4n) is 1.19. The Morgan fingerprint density at radius 2 is 2.16 bits per heavy atom. The maximum Gasteiger partial charge on any atom is 0.573 e. The zero-order chi connectivity index (χ0) is 14.6. The summed E-state index contributed by atoms with van der Waals surface area (Å²) in [6.45, 7) is 1.78. The molecular formula is C10H8BrF3INO3. The van der Waals surface area contributed by atoms with Crippen LogP contribution in [0.4, 0.5) is 13.2 Å². The Labute approximate surface area is 128 Å². The topological polar surface area (TPSA) is 48.4 Å². The standard InChI is InChI=1S/C10H8BrF3INO3/c1-2-18-9(17)8-7(15)5(3-11)6(4-16-8)19-10(12,13)14/h4H,2-3H2,1H3. The number of pyridine rings is 1. The Morgan fingerprint density at radius 1 is 1.53 bits per heavy atom. The van der Waals surface area contributed by atoms with Crippen LogP contribution in [0.25, 0.3) is 0 Å². The van der Waals surface area contributed by atoms with Gasteiger partial charge in [0.05, 0.1) is 16.4 Å². The second-order valence-electron chi connectivity index (χ2n) is 3.17. The quantitative estimate of drug-likeness (QED) is 0.396. The normalized spacial score (nSPS) is 11.3. The number of esters is 1. The van der Waals surface area contributed by atoms with Crippen LogP contribution in [0.2, 0.25) is 0 Å². The van der Waals surface area contributed by atoms with Crippen molar-refractivity contribution in [1.82, 2.24) is 4.98 Å². The van der Waals surface area contributed by atoms with Gasteiger partial charge in [-0.05, 0) is 29.5 Å². The van der Waals surface area contributed by atoms with E-state index in [2.05, 4.69) is 25.7 Å². The van der Waals surface area contributed by atoms with Crippen LogP contribution in [0.3, 0.4) is 0 Å². The summed E-state index contributed by atoms with van der Waals surface area (Å²) < 4.78 is 45.5. The zero-order valence-corrected chi connectivity index (χ0v) is 13.3. The van der Waals surface area contributed by atoms with Gasteiger partial charge in [0.2, 0.25) is 0 Å². The molecule has 0 saturated heterocycles. The van der Waals surface area contributed by atoms with E-state index >= 15 is 0 Å². The molecule has 0 aliphatic heterocycles. The van der Waals surface area contributed by atoms with Crippen molar-refractivity contribution in [1.29, 1.82) is 0 Å². The summed E-state index contributed by atoms with van der Waals surface area (Å²) in [6.07, 6.45) is -3.95. The second kappa shape index (κ2) is 6.73. The number of rotatable bonds is 4. The van der Waals surface area contributed by atoms with Crippen molar-refractivity contribution >= 4 is 44.5 Å². The van der Waals surface area contributed by atoms with Crippen LogP contribution in [0.1, 0.15) is 23.0 Å². The van der Waals surface area contributed by atoms with Crippen LogP contribution in [-0.2, 0) is 10.1 Å². The smallest absolute Gasteiger partial charge is 0.461 e. The lowest BCUT2D eigenvalue weighted by atomic mass is 10.2. The predicted molar refractivity (Wildman–Crippen MR) is 72.2 cm³/mol. The Hall–Kier alpha value is -0.580. The van der Waals surface area contributed by atoms with Gasteiger partial charge in [-0.2, -0.15) is 0 Å². The van der Waals surface area contributed by atoms with Gasteiger partial charge in [-0.25, -0.2) is 9.78 Å². The van der Waals surface area contributed by atoms with Crippen LogP contribution in [0, 0.1) is 3.57 Å². The molecule has 0 unspecified atom stereocenters. The van der Waals surface area contributed by atoms with E-state index in [1.54, 1.807) is 29.5 Å². The summed E-state index contributed by atoms with van der Waals surface area (Å²) >= 11 is 4.79. The molecule has 1 aromatic rings. The van der Waals surface area contributed by atoms with Crippen molar-refractivity contribution in [2.45, 2.75) is 18.6 Å². The van der Waals surface area contributed by atoms with Crippen molar-refractivity contribution < 1.29 is 27.4 Å². The Bertz CT molecular complexity index is 482. The second-order valence-corrected chi connectivity index (χ2v) is 4.80. The Morgan fingerprint density at radius 3 is 2.63 bits per heavy atom. The molecule has 0 fully saturated rings. The number of carbonyl (C=O) groups is 1. The van der Waals surface area contributed by atoms with E-state index in [1.165, 1.54) is 0 Å². The monoisotopic (exact) mass is 453 g/mol. The van der Waals surface area contributed by atoms with Gasteiger partial charge >= 0.3 is 12.3 Å². The summed E-state index contributed by atoms with van der Waals surface area (Å²) in [4.78, 5) is 15.2. The molecule has 9 heteroatoms. The van der Waals surface area contributed by atoms with Crippen molar-refractivity contribution in [3.8, 4) is 5.75 Å². The number of hydrogen-bond donors (Lipinski definition) is 0. The number of aromatic nitrogens is 1. The molecule has 0 bridgehead atoms. The molecule has 0 saturated carbocycles. The number of carbonyl (C=O) groups excluding carboxylic acids is 1. The molecular weight excluding hydrogens is 446 g/mol. The number of hydrogen-bond acceptors (Lipinski definition) is 4. The third kappa shape index (κ3) is 4.48. The van der Waals surface area contributed by atoms with E-state index in [9.17, 15) is 18.0 Å². The van der Waals surface area contributed by atoms with Crippen LogP contribution in [0.5, 0.6) is 5.75 Å².